The van der Waals surface area contributed by atoms with Gasteiger partial charge in [0.1, 0.15) is 5.76 Å². The highest BCUT2D eigenvalue weighted by Gasteiger charge is 2.25. The zero-order valence-corrected chi connectivity index (χ0v) is 12.3. The van der Waals surface area contributed by atoms with Crippen molar-refractivity contribution in [2.24, 2.45) is 0 Å². The van der Waals surface area contributed by atoms with Crippen LogP contribution in [0.5, 0.6) is 0 Å². The van der Waals surface area contributed by atoms with Crippen LogP contribution in [0.2, 0.25) is 5.02 Å². The van der Waals surface area contributed by atoms with Gasteiger partial charge in [0.2, 0.25) is 0 Å². The molecule has 0 atom stereocenters. The maximum absolute atomic E-state index is 11.9. The third-order valence-electron chi connectivity index (χ3n) is 3.79. The summed E-state index contributed by atoms with van der Waals surface area (Å²) in [7, 11) is 0. The summed E-state index contributed by atoms with van der Waals surface area (Å²) < 4.78 is 5.37. The first kappa shape index (κ1) is 13.1. The molecule has 0 unspecified atom stereocenters. The van der Waals surface area contributed by atoms with Crippen molar-refractivity contribution < 1.29 is 9.53 Å². The summed E-state index contributed by atoms with van der Waals surface area (Å²) in [5, 5.41) is 2.72. The zero-order valence-electron chi connectivity index (χ0n) is 11.5. The maximum atomic E-state index is 11.9. The van der Waals surface area contributed by atoms with Gasteiger partial charge in [0.05, 0.1) is 10.6 Å². The highest BCUT2D eigenvalue weighted by molar-refractivity contribution is 6.37. The lowest BCUT2D eigenvalue weighted by Crippen LogP contribution is -1.92. The van der Waals surface area contributed by atoms with E-state index in [0.717, 1.165) is 21.9 Å². The molecule has 4 rings (SSSR count). The van der Waals surface area contributed by atoms with Gasteiger partial charge in [0.15, 0.2) is 0 Å². The number of esters is 1. The lowest BCUT2D eigenvalue weighted by molar-refractivity contribution is 0.0717. The third kappa shape index (κ3) is 2.00. The monoisotopic (exact) mass is 306 g/mol. The molecule has 1 aliphatic heterocycles. The average molecular weight is 307 g/mol. The molecule has 0 saturated heterocycles. The molecule has 1 heterocycles. The van der Waals surface area contributed by atoms with E-state index < -0.39 is 0 Å². The van der Waals surface area contributed by atoms with Crippen LogP contribution in [-0.2, 0) is 4.74 Å². The van der Waals surface area contributed by atoms with Crippen LogP contribution < -0.4 is 0 Å². The Morgan fingerprint density at radius 1 is 0.864 bits per heavy atom. The first-order chi connectivity index (χ1) is 10.7. The van der Waals surface area contributed by atoms with Crippen molar-refractivity contribution in [1.29, 1.82) is 0 Å². The van der Waals surface area contributed by atoms with E-state index in [1.165, 1.54) is 0 Å². The van der Waals surface area contributed by atoms with E-state index in [0.29, 0.717) is 16.3 Å². The minimum Gasteiger partial charge on any atom is -0.422 e. The molecule has 2 nitrogen and oxygen atoms in total. The van der Waals surface area contributed by atoms with Crippen molar-refractivity contribution in [3.05, 3.63) is 82.4 Å². The van der Waals surface area contributed by atoms with Gasteiger partial charge in [-0.05, 0) is 23.1 Å². The van der Waals surface area contributed by atoms with Crippen LogP contribution in [0.4, 0.5) is 0 Å². The number of carbonyl (C=O) groups excluding carboxylic acids is 1. The number of carbonyl (C=O) groups is 1. The largest absolute Gasteiger partial charge is 0.422 e. The summed E-state index contributed by atoms with van der Waals surface area (Å²) in [6.07, 6.45) is 1.82. The predicted octanol–water partition coefficient (Wildman–Crippen LogP) is 5.16. The summed E-state index contributed by atoms with van der Waals surface area (Å²) in [4.78, 5) is 11.9. The number of ether oxygens (including phenoxy) is 1. The van der Waals surface area contributed by atoms with Crippen molar-refractivity contribution in [3.8, 4) is 0 Å². The van der Waals surface area contributed by atoms with Gasteiger partial charge in [-0.3, -0.25) is 0 Å². The van der Waals surface area contributed by atoms with Gasteiger partial charge in [-0.1, -0.05) is 66.2 Å². The number of fused-ring (bicyclic) bond motifs is 2. The molecule has 0 amide bonds. The van der Waals surface area contributed by atoms with Gasteiger partial charge in [-0.25, -0.2) is 4.79 Å². The number of halogens is 1. The van der Waals surface area contributed by atoms with Crippen molar-refractivity contribution >= 4 is 40.2 Å². The summed E-state index contributed by atoms with van der Waals surface area (Å²) in [5.41, 5.74) is 2.22. The molecule has 22 heavy (non-hydrogen) atoms. The van der Waals surface area contributed by atoms with Gasteiger partial charge < -0.3 is 4.74 Å². The molecule has 1 aliphatic rings. The normalized spacial score (nSPS) is 15.1. The Morgan fingerprint density at radius 3 is 2.45 bits per heavy atom. The van der Waals surface area contributed by atoms with Gasteiger partial charge in [-0.15, -0.1) is 0 Å². The van der Waals surface area contributed by atoms with E-state index in [4.69, 9.17) is 16.3 Å². The predicted molar refractivity (Wildman–Crippen MR) is 88.7 cm³/mol. The quantitative estimate of drug-likeness (QED) is 0.580. The Hall–Kier alpha value is -2.58. The third-order valence-corrected chi connectivity index (χ3v) is 4.22. The van der Waals surface area contributed by atoms with Crippen LogP contribution in [0.3, 0.4) is 0 Å². The molecule has 0 aromatic heterocycles. The molecule has 3 aromatic carbocycles. The Bertz CT molecular complexity index is 941. The van der Waals surface area contributed by atoms with E-state index in [-0.39, 0.29) is 5.97 Å². The number of benzene rings is 3. The topological polar surface area (TPSA) is 26.3 Å². The summed E-state index contributed by atoms with van der Waals surface area (Å²) in [6.45, 7) is 0. The van der Waals surface area contributed by atoms with Gasteiger partial charge in [-0.2, -0.15) is 0 Å². The van der Waals surface area contributed by atoms with Crippen LogP contribution in [0.1, 0.15) is 21.5 Å². The molecule has 0 spiro atoms. The first-order valence-electron chi connectivity index (χ1n) is 6.94. The fraction of sp³-hybridized carbons (Fsp3) is 0. The second-order valence-corrected chi connectivity index (χ2v) is 5.51. The van der Waals surface area contributed by atoms with Crippen LogP contribution >= 0.6 is 11.6 Å². The Labute approximate surface area is 132 Å². The molecule has 106 valence electrons. The summed E-state index contributed by atoms with van der Waals surface area (Å²) >= 11 is 6.50. The van der Waals surface area contributed by atoms with E-state index >= 15 is 0 Å². The molecule has 0 fully saturated rings. The highest BCUT2D eigenvalue weighted by atomic mass is 35.5. The number of hydrogen-bond acceptors (Lipinski definition) is 2. The van der Waals surface area contributed by atoms with Crippen LogP contribution in [-0.4, -0.2) is 5.97 Å². The van der Waals surface area contributed by atoms with Crippen LogP contribution in [0.15, 0.2) is 60.7 Å². The first-order valence-corrected chi connectivity index (χ1v) is 7.32. The van der Waals surface area contributed by atoms with Crippen LogP contribution in [0.25, 0.3) is 22.6 Å². The number of cyclic esters (lactones) is 1. The lowest BCUT2D eigenvalue weighted by atomic mass is 10.0. The summed E-state index contributed by atoms with van der Waals surface area (Å²) in [6, 6.07) is 19.2. The molecular formula is C19H11ClO2. The molecule has 0 bridgehead atoms. The fourth-order valence-electron chi connectivity index (χ4n) is 2.70. The smallest absolute Gasteiger partial charge is 0.344 e. The minimum atomic E-state index is -0.321. The van der Waals surface area contributed by atoms with Gasteiger partial charge in [0.25, 0.3) is 0 Å². The van der Waals surface area contributed by atoms with Crippen molar-refractivity contribution in [2.45, 2.75) is 0 Å². The Kier molecular flexibility index (Phi) is 2.98. The maximum Gasteiger partial charge on any atom is 0.344 e. The van der Waals surface area contributed by atoms with E-state index in [1.807, 2.05) is 60.7 Å². The van der Waals surface area contributed by atoms with E-state index in [1.54, 1.807) is 6.07 Å². The van der Waals surface area contributed by atoms with Gasteiger partial charge >= 0.3 is 5.97 Å². The van der Waals surface area contributed by atoms with Crippen molar-refractivity contribution in [3.63, 3.8) is 0 Å². The van der Waals surface area contributed by atoms with E-state index in [2.05, 4.69) is 0 Å². The SMILES string of the molecule is O=C1O/C(=C\c2ccc3ccccc3c2Cl)c2ccccc21. The highest BCUT2D eigenvalue weighted by Crippen LogP contribution is 2.34. The average Bonchev–Trinajstić information content (AvgIpc) is 2.87. The molecule has 0 N–H and O–H groups in total. The van der Waals surface area contributed by atoms with Crippen LogP contribution in [0, 0.1) is 0 Å². The standard InChI is InChI=1S/C19H11ClO2/c20-18-13(10-9-12-5-1-2-6-14(12)18)11-17-15-7-3-4-8-16(15)19(21)22-17/h1-11H/b17-11-. The zero-order chi connectivity index (χ0) is 15.1. The molecule has 3 aromatic rings. The molecule has 3 heteroatoms. The fourth-order valence-corrected chi connectivity index (χ4v) is 2.99. The Morgan fingerprint density at radius 2 is 1.59 bits per heavy atom. The lowest BCUT2D eigenvalue weighted by Gasteiger charge is -2.05. The van der Waals surface area contributed by atoms with Crippen molar-refractivity contribution in [2.75, 3.05) is 0 Å². The summed E-state index contributed by atoms with van der Waals surface area (Å²) in [5.74, 6) is 0.219. The molecule has 0 aliphatic carbocycles. The molecule has 0 radical (unpaired) electrons. The number of hydrogen-bond donors (Lipinski definition) is 0. The Balaban J connectivity index is 1.88. The van der Waals surface area contributed by atoms with Gasteiger partial charge in [0, 0.05) is 10.9 Å². The minimum absolute atomic E-state index is 0.321. The van der Waals surface area contributed by atoms with E-state index in [9.17, 15) is 4.79 Å². The molecule has 0 saturated carbocycles. The molecular weight excluding hydrogens is 296 g/mol. The second kappa shape index (κ2) is 5.00. The number of rotatable bonds is 1. The second-order valence-electron chi connectivity index (χ2n) is 5.13. The van der Waals surface area contributed by atoms with Crippen molar-refractivity contribution in [1.82, 2.24) is 0 Å².